The summed E-state index contributed by atoms with van der Waals surface area (Å²) < 4.78 is 6.69. The Labute approximate surface area is 654 Å². The van der Waals surface area contributed by atoms with Crippen LogP contribution in [0.2, 0.25) is 0 Å². The molecule has 0 spiro atoms. The van der Waals surface area contributed by atoms with Gasteiger partial charge in [0.05, 0.1) is 38.8 Å². The fourth-order valence-corrected chi connectivity index (χ4v) is 13.3. The lowest BCUT2D eigenvalue weighted by molar-refractivity contribution is 0.542. The summed E-state index contributed by atoms with van der Waals surface area (Å²) in [5, 5.41) is 7.35. The van der Waals surface area contributed by atoms with E-state index in [9.17, 15) is 0 Å². The van der Waals surface area contributed by atoms with Crippen LogP contribution in [0.3, 0.4) is 0 Å². The highest BCUT2D eigenvalue weighted by Crippen LogP contribution is 2.38. The molecule has 0 atom stereocenters. The summed E-state index contributed by atoms with van der Waals surface area (Å²) in [6, 6.07) is 92.1. The molecule has 0 aliphatic carbocycles. The summed E-state index contributed by atoms with van der Waals surface area (Å²) in [6.45, 7) is 39.2. The Kier molecular flexibility index (Phi) is 21.8. The highest BCUT2D eigenvalue weighted by atomic mass is 15.2. The fraction of sp³-hybridized carbons (Fsp3) is 0.242. The Morgan fingerprint density at radius 2 is 0.523 bits per heavy atom. The zero-order chi connectivity index (χ0) is 78.6. The highest BCUT2D eigenvalue weighted by molar-refractivity contribution is 6.11. The van der Waals surface area contributed by atoms with Crippen LogP contribution in [0.4, 0.5) is 0 Å². The van der Waals surface area contributed by atoms with Crippen LogP contribution in [-0.2, 0) is 32.5 Å². The van der Waals surface area contributed by atoms with Gasteiger partial charge < -0.3 is 0 Å². The molecule has 0 unspecified atom stereocenters. The lowest BCUT2D eigenvalue weighted by Crippen LogP contribution is -2.19. The van der Waals surface area contributed by atoms with E-state index in [1.165, 1.54) is 49.0 Å². The van der Waals surface area contributed by atoms with Crippen molar-refractivity contribution in [3.63, 3.8) is 0 Å². The summed E-state index contributed by atoms with van der Waals surface area (Å²) in [5.41, 5.74) is 16.2. The standard InChI is InChI=1S/C32H26N4.C20H19N3.C19H19N3.C15H17N.C13H21N/c1-32(2,3)31-33-29(35-25-16-8-4-12-21(25)22-13-5-9-17-26(22)35)20-30(34-31)36-27-18-10-6-14-23(27)24-15-7-11-19-28(24)36;1-20(2,3)14-12-21-19(22-13-14)23-17-10-6-4-8-15(17)16-9-5-7-11-18(16)23;1-19(2,3)18-21-16(14-10-6-4-7-11-14)20-17(22-18)15-12-8-5-9-13-15;1-15(2,3)13-9-10-14(16-11-13)12-7-5-4-6-8-12;1-12(2,3)10-7-8-11(14-9-10)13(4,5)6/h4-20H,1-3H3;4-13H,1-3H3;4-13H,1-3H3;4-11H,1-3H3;7-9H,1-6H3. The van der Waals surface area contributed by atoms with Gasteiger partial charge in [0.25, 0.3) is 0 Å². The molecule has 0 fully saturated rings. The third-order valence-corrected chi connectivity index (χ3v) is 19.7. The molecule has 8 heterocycles. The predicted molar refractivity (Wildman–Crippen MR) is 464 cm³/mol. The van der Waals surface area contributed by atoms with Gasteiger partial charge in [-0.3, -0.25) is 23.7 Å². The van der Waals surface area contributed by atoms with E-state index in [-0.39, 0.29) is 32.5 Å². The first-order valence-electron chi connectivity index (χ1n) is 38.4. The van der Waals surface area contributed by atoms with E-state index in [4.69, 9.17) is 9.97 Å². The van der Waals surface area contributed by atoms with E-state index in [1.54, 1.807) is 0 Å². The zero-order valence-corrected chi connectivity index (χ0v) is 67.6. The highest BCUT2D eigenvalue weighted by Gasteiger charge is 2.26. The normalized spacial score (nSPS) is 12.1. The molecule has 0 bridgehead atoms. The first kappa shape index (κ1) is 77.0. The molecular formula is C99H102N12. The number of hydrogen-bond donors (Lipinski definition) is 0. The molecule has 17 aromatic rings. The molecule has 0 saturated carbocycles. The van der Waals surface area contributed by atoms with Crippen molar-refractivity contribution in [2.45, 2.75) is 157 Å². The SMILES string of the molecule is CC(C)(C)c1ccc(-c2ccccc2)nc1.CC(C)(C)c1ccc(C(C)(C)C)nc1.CC(C)(C)c1cnc(-n2c3ccccc3c3ccccc32)nc1.CC(C)(C)c1nc(-c2ccccc2)nc(-c2ccccc2)n1.CC(C)(C)c1nc(-n2c3ccccc3c3ccccc32)cc(-n2c3ccccc3c3ccccc32)n1. The summed E-state index contributed by atoms with van der Waals surface area (Å²) in [7, 11) is 0. The average molecular weight is 1460 g/mol. The molecule has 17 rings (SSSR count). The van der Waals surface area contributed by atoms with E-state index < -0.39 is 0 Å². The van der Waals surface area contributed by atoms with Gasteiger partial charge in [0.2, 0.25) is 5.95 Å². The Bertz CT molecular complexity index is 5650. The lowest BCUT2D eigenvalue weighted by Gasteiger charge is -2.22. The minimum atomic E-state index is -0.220. The molecule has 12 nitrogen and oxygen atoms in total. The van der Waals surface area contributed by atoms with Crippen molar-refractivity contribution < 1.29 is 0 Å². The van der Waals surface area contributed by atoms with Crippen LogP contribution in [0.1, 0.15) is 159 Å². The topological polar surface area (TPSA) is 131 Å². The van der Waals surface area contributed by atoms with E-state index in [1.807, 2.05) is 104 Å². The summed E-state index contributed by atoms with van der Waals surface area (Å²) in [6.07, 6.45) is 7.85. The molecule has 0 radical (unpaired) electrons. The van der Waals surface area contributed by atoms with Crippen LogP contribution in [0.5, 0.6) is 0 Å². The van der Waals surface area contributed by atoms with Gasteiger partial charge in [-0.15, -0.1) is 0 Å². The molecule has 0 N–H and O–H groups in total. The van der Waals surface area contributed by atoms with Gasteiger partial charge in [-0.2, -0.15) is 0 Å². The van der Waals surface area contributed by atoms with Gasteiger partial charge >= 0.3 is 0 Å². The molecular weight excluding hydrogens is 1360 g/mol. The summed E-state index contributed by atoms with van der Waals surface area (Å²) >= 11 is 0. The maximum absolute atomic E-state index is 5.16. The number of nitrogens with zero attached hydrogens (tertiary/aromatic N) is 12. The predicted octanol–water partition coefficient (Wildman–Crippen LogP) is 25.1. The number of para-hydroxylation sites is 6. The van der Waals surface area contributed by atoms with Crippen molar-refractivity contribution in [1.29, 1.82) is 0 Å². The lowest BCUT2D eigenvalue weighted by atomic mass is 9.86. The van der Waals surface area contributed by atoms with Crippen LogP contribution >= 0.6 is 0 Å². The van der Waals surface area contributed by atoms with Gasteiger partial charge in [0.1, 0.15) is 23.3 Å². The summed E-state index contributed by atoms with van der Waals surface area (Å²) in [5.74, 6) is 5.54. The number of hydrogen-bond acceptors (Lipinski definition) is 9. The maximum atomic E-state index is 5.16. The minimum absolute atomic E-state index is 0.0549. The fourth-order valence-electron chi connectivity index (χ4n) is 13.3. The first-order valence-corrected chi connectivity index (χ1v) is 38.4. The van der Waals surface area contributed by atoms with Crippen LogP contribution in [0.15, 0.2) is 292 Å². The van der Waals surface area contributed by atoms with Gasteiger partial charge in [-0.05, 0) is 81.5 Å². The van der Waals surface area contributed by atoms with Crippen molar-refractivity contribution in [3.8, 4) is 51.6 Å². The monoisotopic (exact) mass is 1460 g/mol. The van der Waals surface area contributed by atoms with Gasteiger partial charge in [0.15, 0.2) is 11.6 Å². The van der Waals surface area contributed by atoms with Crippen LogP contribution in [0.25, 0.3) is 117 Å². The van der Waals surface area contributed by atoms with Gasteiger partial charge in [-0.25, -0.2) is 34.9 Å². The molecule has 111 heavy (non-hydrogen) atoms. The smallest absolute Gasteiger partial charge is 0.234 e. The first-order chi connectivity index (χ1) is 52.9. The Balaban J connectivity index is 0.000000127. The Morgan fingerprint density at radius 1 is 0.225 bits per heavy atom. The van der Waals surface area contributed by atoms with E-state index in [2.05, 4.69) is 361 Å². The second kappa shape index (κ2) is 31.4. The molecule has 0 aliphatic rings. The van der Waals surface area contributed by atoms with Crippen molar-refractivity contribution >= 4 is 65.4 Å². The van der Waals surface area contributed by atoms with Crippen molar-refractivity contribution in [2.75, 3.05) is 0 Å². The van der Waals surface area contributed by atoms with Gasteiger partial charge in [-0.1, -0.05) is 337 Å². The number of benzene rings is 9. The maximum Gasteiger partial charge on any atom is 0.234 e. The minimum Gasteiger partial charge on any atom is -0.294 e. The quantitative estimate of drug-likeness (QED) is 0.160. The van der Waals surface area contributed by atoms with Crippen LogP contribution in [0, 0.1) is 0 Å². The average Bonchev–Trinajstić information content (AvgIpc) is 1.58. The van der Waals surface area contributed by atoms with Gasteiger partial charge in [0, 0.05) is 102 Å². The van der Waals surface area contributed by atoms with E-state index >= 15 is 0 Å². The number of pyridine rings is 2. The Hall–Kier alpha value is -12.2. The second-order valence-electron chi connectivity index (χ2n) is 34.6. The Morgan fingerprint density at radius 3 is 0.829 bits per heavy atom. The largest absolute Gasteiger partial charge is 0.294 e. The molecule has 558 valence electrons. The second-order valence-corrected chi connectivity index (χ2v) is 34.6. The summed E-state index contributed by atoms with van der Waals surface area (Å²) in [4.78, 5) is 42.6. The zero-order valence-electron chi connectivity index (χ0n) is 67.6. The number of aromatic nitrogens is 12. The molecule has 0 aliphatic heterocycles. The van der Waals surface area contributed by atoms with Crippen LogP contribution < -0.4 is 0 Å². The number of rotatable bonds is 6. The third-order valence-electron chi connectivity index (χ3n) is 19.7. The van der Waals surface area contributed by atoms with E-state index in [0.717, 1.165) is 102 Å². The molecule has 12 heteroatoms. The molecule has 0 saturated heterocycles. The van der Waals surface area contributed by atoms with Crippen molar-refractivity contribution in [3.05, 3.63) is 326 Å². The van der Waals surface area contributed by atoms with Crippen molar-refractivity contribution in [2.24, 2.45) is 0 Å². The molecule has 8 aromatic heterocycles. The number of fused-ring (bicyclic) bond motifs is 9. The van der Waals surface area contributed by atoms with Crippen LogP contribution in [-0.4, -0.2) is 58.6 Å². The van der Waals surface area contributed by atoms with Crippen molar-refractivity contribution in [1.82, 2.24) is 58.6 Å². The van der Waals surface area contributed by atoms with E-state index in [0.29, 0.717) is 0 Å². The molecule has 0 amide bonds. The third kappa shape index (κ3) is 17.3. The molecule has 9 aromatic carbocycles.